The van der Waals surface area contributed by atoms with Crippen molar-refractivity contribution in [2.45, 2.75) is 258 Å². The minimum atomic E-state index is -3.90. The zero-order valence-electron chi connectivity index (χ0n) is 47.2. The van der Waals surface area contributed by atoms with Gasteiger partial charge in [0.1, 0.15) is 24.4 Å². The summed E-state index contributed by atoms with van der Waals surface area (Å²) in [5, 5.41) is 42.4. The average Bonchev–Trinajstić information content (AvgIpc) is 3.75. The topological polar surface area (TPSA) is 220 Å². The third kappa shape index (κ3) is 33.1. The Morgan fingerprint density at radius 2 is 1.04 bits per heavy atom. The number of aromatic amines is 1. The second kappa shape index (κ2) is 45.7. The highest BCUT2D eigenvalue weighted by Gasteiger charge is 2.27. The highest BCUT2D eigenvalue weighted by molar-refractivity contribution is 7.53. The van der Waals surface area contributed by atoms with Crippen molar-refractivity contribution in [3.8, 4) is 0 Å². The Balaban J connectivity index is 1.85. The number of rotatable bonds is 54. The van der Waals surface area contributed by atoms with Crippen molar-refractivity contribution in [3.63, 3.8) is 0 Å². The van der Waals surface area contributed by atoms with E-state index in [1.807, 2.05) is 0 Å². The van der Waals surface area contributed by atoms with Crippen molar-refractivity contribution in [1.82, 2.24) is 19.5 Å². The Bertz CT molecular complexity index is 1770. The molecule has 0 fully saturated rings. The molecule has 0 amide bonds. The van der Waals surface area contributed by atoms with Crippen LogP contribution in [-0.2, 0) is 40.8 Å². The summed E-state index contributed by atoms with van der Waals surface area (Å²) in [6.45, 7) is 8.51. The highest BCUT2D eigenvalue weighted by atomic mass is 31.2. The largest absolute Gasteiger partial charge is 0.394 e. The summed E-state index contributed by atoms with van der Waals surface area (Å²) < 4.78 is 44.5. The Morgan fingerprint density at radius 3 is 1.49 bits per heavy atom. The number of allylic oxidation sites excluding steroid dienone is 1. The molecule has 16 nitrogen and oxygen atoms in total. The van der Waals surface area contributed by atoms with E-state index in [0.29, 0.717) is 43.3 Å². The van der Waals surface area contributed by atoms with Gasteiger partial charge in [0.15, 0.2) is 11.2 Å². The normalized spacial score (nSPS) is 13.5. The van der Waals surface area contributed by atoms with E-state index in [1.54, 1.807) is 18.4 Å². The van der Waals surface area contributed by atoms with Crippen LogP contribution in [0.5, 0.6) is 0 Å². The number of fused-ring (bicyclic) bond motifs is 1. The number of unbranched alkanes of at least 4 members (excludes halogenated alkanes) is 30. The van der Waals surface area contributed by atoms with Crippen molar-refractivity contribution < 1.29 is 48.2 Å². The molecular formula is C57H108N5O11P. The lowest BCUT2D eigenvalue weighted by Crippen LogP contribution is -2.24. The predicted molar refractivity (Wildman–Crippen MR) is 301 cm³/mol. The number of ether oxygens (including phenoxy) is 3. The van der Waals surface area contributed by atoms with E-state index in [2.05, 4.69) is 34.1 Å². The minimum absolute atomic E-state index is 0.00716. The molecule has 3 unspecified atom stereocenters. The number of aromatic nitrogens is 4. The lowest BCUT2D eigenvalue weighted by atomic mass is 10.0. The number of H-pyrrole nitrogens is 1. The predicted octanol–water partition coefficient (Wildman–Crippen LogP) is 12.8. The molecule has 2 heterocycles. The van der Waals surface area contributed by atoms with Crippen molar-refractivity contribution >= 4 is 24.7 Å². The first-order valence-corrected chi connectivity index (χ1v) is 31.4. The molecule has 74 heavy (non-hydrogen) atoms. The first kappa shape index (κ1) is 67.9. The second-order valence-corrected chi connectivity index (χ2v) is 22.7. The first-order valence-electron chi connectivity index (χ1n) is 29.7. The summed E-state index contributed by atoms with van der Waals surface area (Å²) in [5.74, 6) is 0.608. The lowest BCUT2D eigenvalue weighted by Gasteiger charge is -2.20. The van der Waals surface area contributed by atoms with Gasteiger partial charge in [-0.2, -0.15) is 4.98 Å². The summed E-state index contributed by atoms with van der Waals surface area (Å²) in [7, 11) is -3.90. The first-order chi connectivity index (χ1) is 36.1. The summed E-state index contributed by atoms with van der Waals surface area (Å²) in [6.07, 6.45) is 39.1. The molecule has 17 heteroatoms. The standard InChI is InChI=1S/C57H108N5O11P/c1-5-7-9-11-13-15-17-19-21-23-25-27-29-31-33-35-39-69-41-37-52-58-54-55(60-57(61-56(54)67)59-53(49(3)4)51(66)46-64)62(52)38-42-71-48-74(68,73-47-50(65)45-63)72-44-43-70-40-36-34-32-30-28-26-24-22-20-18-16-14-12-10-8-6-2/h50-51,63-66H,5-48H2,1-4H3,(H2,59,60,61,67). The Hall–Kier alpha value is -2.24. The van der Waals surface area contributed by atoms with Crippen molar-refractivity contribution in [2.75, 3.05) is 71.1 Å². The monoisotopic (exact) mass is 1070 g/mol. The molecule has 0 aliphatic rings. The number of anilines is 1. The van der Waals surface area contributed by atoms with Crippen molar-refractivity contribution in [2.24, 2.45) is 0 Å². The molecule has 432 valence electrons. The SMILES string of the molecule is CCCCCCCCCCCCCCCCCCOCCOP(=O)(COCCn1c(CCOCCCCCCCCCCCCCCCCCC)nc2c(=O)[nH]c(NC(=C(C)C)C(O)CO)nc21)OCC(O)CO. The van der Waals surface area contributed by atoms with Gasteiger partial charge < -0.3 is 53.6 Å². The smallest absolute Gasteiger partial charge is 0.356 e. The van der Waals surface area contributed by atoms with E-state index in [4.69, 9.17) is 23.3 Å². The zero-order chi connectivity index (χ0) is 53.8. The maximum atomic E-state index is 13.8. The van der Waals surface area contributed by atoms with Gasteiger partial charge in [-0.25, -0.2) is 4.98 Å². The van der Waals surface area contributed by atoms with E-state index in [1.165, 1.54) is 180 Å². The summed E-state index contributed by atoms with van der Waals surface area (Å²) >= 11 is 0. The Morgan fingerprint density at radius 1 is 0.581 bits per heavy atom. The molecule has 0 aliphatic carbocycles. The number of hydrogen-bond donors (Lipinski definition) is 6. The lowest BCUT2D eigenvalue weighted by molar-refractivity contribution is 0.0344. The molecule has 3 atom stereocenters. The highest BCUT2D eigenvalue weighted by Crippen LogP contribution is 2.48. The molecule has 0 saturated heterocycles. The number of hydrogen-bond acceptors (Lipinski definition) is 14. The van der Waals surface area contributed by atoms with Crippen LogP contribution in [0, 0.1) is 0 Å². The molecule has 0 radical (unpaired) electrons. The van der Waals surface area contributed by atoms with Crippen LogP contribution in [0.25, 0.3) is 11.2 Å². The quantitative estimate of drug-likeness (QED) is 0.0268. The zero-order valence-corrected chi connectivity index (χ0v) is 48.1. The van der Waals surface area contributed by atoms with Crippen LogP contribution in [0.15, 0.2) is 16.1 Å². The van der Waals surface area contributed by atoms with Gasteiger partial charge in [0, 0.05) is 31.9 Å². The third-order valence-electron chi connectivity index (χ3n) is 13.6. The molecular weight excluding hydrogens is 962 g/mol. The molecule has 6 N–H and O–H groups in total. The van der Waals surface area contributed by atoms with Gasteiger partial charge in [-0.3, -0.25) is 14.3 Å². The molecule has 0 aliphatic heterocycles. The fourth-order valence-electron chi connectivity index (χ4n) is 9.10. The van der Waals surface area contributed by atoms with E-state index in [9.17, 15) is 29.8 Å². The van der Waals surface area contributed by atoms with Gasteiger partial charge in [-0.05, 0) is 26.7 Å². The maximum Gasteiger partial charge on any atom is 0.356 e. The Kier molecular flexibility index (Phi) is 42.0. The number of imidazole rings is 1. The van der Waals surface area contributed by atoms with Gasteiger partial charge in [-0.1, -0.05) is 212 Å². The molecule has 2 aromatic rings. The van der Waals surface area contributed by atoms with Gasteiger partial charge in [0.25, 0.3) is 5.56 Å². The van der Waals surface area contributed by atoms with Crippen LogP contribution in [-0.4, -0.2) is 118 Å². The molecule has 0 bridgehead atoms. The van der Waals surface area contributed by atoms with Crippen LogP contribution < -0.4 is 10.9 Å². The van der Waals surface area contributed by atoms with Crippen molar-refractivity contribution in [3.05, 3.63) is 27.4 Å². The van der Waals surface area contributed by atoms with Crippen LogP contribution in [0.4, 0.5) is 5.95 Å². The summed E-state index contributed by atoms with van der Waals surface area (Å²) in [4.78, 5) is 25.4. The molecule has 2 aromatic heterocycles. The van der Waals surface area contributed by atoms with E-state index in [-0.39, 0.29) is 43.5 Å². The fourth-order valence-corrected chi connectivity index (χ4v) is 10.4. The van der Waals surface area contributed by atoms with Crippen LogP contribution in [0.1, 0.15) is 239 Å². The summed E-state index contributed by atoms with van der Waals surface area (Å²) in [6, 6.07) is 0. The van der Waals surface area contributed by atoms with Gasteiger partial charge in [-0.15, -0.1) is 0 Å². The van der Waals surface area contributed by atoms with E-state index >= 15 is 0 Å². The van der Waals surface area contributed by atoms with Gasteiger partial charge >= 0.3 is 7.60 Å². The number of aliphatic hydroxyl groups is 4. The third-order valence-corrected chi connectivity index (χ3v) is 15.3. The summed E-state index contributed by atoms with van der Waals surface area (Å²) in [5.41, 5.74) is 0.882. The van der Waals surface area contributed by atoms with Crippen LogP contribution in [0.3, 0.4) is 0 Å². The number of aliphatic hydroxyl groups excluding tert-OH is 4. The minimum Gasteiger partial charge on any atom is -0.394 e. The maximum absolute atomic E-state index is 13.8. The number of nitrogens with zero attached hydrogens (tertiary/aromatic N) is 3. The Labute approximate surface area is 447 Å². The van der Waals surface area contributed by atoms with Crippen LogP contribution >= 0.6 is 7.60 Å². The fraction of sp³-hybridized carbons (Fsp3) is 0.877. The van der Waals surface area contributed by atoms with Crippen LogP contribution in [0.2, 0.25) is 0 Å². The number of nitrogens with one attached hydrogen (secondary N) is 2. The van der Waals surface area contributed by atoms with E-state index < -0.39 is 51.5 Å². The molecule has 0 saturated carbocycles. The van der Waals surface area contributed by atoms with Gasteiger partial charge in [0.2, 0.25) is 5.95 Å². The van der Waals surface area contributed by atoms with Gasteiger partial charge in [0.05, 0.1) is 46.2 Å². The molecule has 0 aromatic carbocycles. The van der Waals surface area contributed by atoms with E-state index in [0.717, 1.165) is 25.7 Å². The average molecular weight is 1070 g/mol. The second-order valence-electron chi connectivity index (χ2n) is 20.7. The van der Waals surface area contributed by atoms with Crippen molar-refractivity contribution in [1.29, 1.82) is 0 Å². The molecule has 2 rings (SSSR count). The molecule has 0 spiro atoms.